The molecule has 0 aliphatic rings. The first-order chi connectivity index (χ1) is 3.06. The van der Waals surface area contributed by atoms with Crippen molar-refractivity contribution in [1.82, 2.24) is 0 Å². The Hall–Kier alpha value is 1.35. The Morgan fingerprint density at radius 1 is 1.75 bits per heavy atom. The summed E-state index contributed by atoms with van der Waals surface area (Å²) < 4.78 is 30.7. The summed E-state index contributed by atoms with van der Waals surface area (Å²) in [4.78, 5) is 0. The van der Waals surface area contributed by atoms with Gasteiger partial charge in [0.25, 0.3) is 0 Å². The summed E-state index contributed by atoms with van der Waals surface area (Å²) in [6.45, 7) is 1.44. The van der Waals surface area contributed by atoms with Gasteiger partial charge in [-0.25, -0.2) is 4.18 Å². The van der Waals surface area contributed by atoms with Crippen molar-refractivity contribution < 1.29 is 20.0 Å². The van der Waals surface area contributed by atoms with Gasteiger partial charge in [-0.1, -0.05) is 0 Å². The zero-order valence-corrected chi connectivity index (χ0v) is 8.79. The molecule has 8 heavy (non-hydrogen) atoms. The van der Waals surface area contributed by atoms with E-state index in [1.807, 2.05) is 0 Å². The van der Waals surface area contributed by atoms with Gasteiger partial charge in [0.15, 0.2) is 0 Å². The predicted molar refractivity (Wildman–Crippen MR) is 31.2 cm³/mol. The summed E-state index contributed by atoms with van der Waals surface area (Å²) in [6, 6.07) is 0. The molecule has 0 fully saturated rings. The minimum atomic E-state index is -4.17. The summed E-state index contributed by atoms with van der Waals surface area (Å²) in [5.74, 6) is 0. The van der Waals surface area contributed by atoms with Gasteiger partial charge in [-0.3, -0.25) is 4.55 Å². The molecule has 0 heterocycles. The molecule has 0 aromatic heterocycles. The van der Waals surface area contributed by atoms with Gasteiger partial charge >= 0.3 is 55.9 Å². The molecule has 0 aliphatic heterocycles. The molecular formula is C2H8O4SSr. The molecule has 0 spiro atoms. The Morgan fingerprint density at radius 2 is 2.12 bits per heavy atom. The van der Waals surface area contributed by atoms with Gasteiger partial charge < -0.3 is 2.85 Å². The SMILES string of the molecule is CCOS(=O)(=O)O.[H-].[H-].[Sr+2]. The van der Waals surface area contributed by atoms with Crippen LogP contribution in [0.15, 0.2) is 0 Å². The van der Waals surface area contributed by atoms with Gasteiger partial charge in [-0.2, -0.15) is 8.42 Å². The van der Waals surface area contributed by atoms with Crippen LogP contribution in [0.3, 0.4) is 0 Å². The normalized spacial score (nSPS) is 10.2. The monoisotopic (exact) mass is 216 g/mol. The fourth-order valence-corrected chi connectivity index (χ4v) is 0.447. The largest absolute Gasteiger partial charge is 2.00 e. The van der Waals surface area contributed by atoms with E-state index >= 15 is 0 Å². The summed E-state index contributed by atoms with van der Waals surface area (Å²) >= 11 is 0. The van der Waals surface area contributed by atoms with E-state index in [0.717, 1.165) is 0 Å². The van der Waals surface area contributed by atoms with Crippen molar-refractivity contribution in [1.29, 1.82) is 0 Å². The second-order valence-electron chi connectivity index (χ2n) is 0.834. The molecular weight excluding hydrogens is 208 g/mol. The number of hydrogen-bond acceptors (Lipinski definition) is 3. The van der Waals surface area contributed by atoms with E-state index in [1.54, 1.807) is 0 Å². The van der Waals surface area contributed by atoms with Gasteiger partial charge in [-0.05, 0) is 6.92 Å². The minimum absolute atomic E-state index is 0. The van der Waals surface area contributed by atoms with E-state index in [-0.39, 0.29) is 54.9 Å². The van der Waals surface area contributed by atoms with Crippen LogP contribution in [0, 0.1) is 0 Å². The van der Waals surface area contributed by atoms with Gasteiger partial charge in [0.05, 0.1) is 6.61 Å². The molecule has 0 aromatic carbocycles. The fraction of sp³-hybridized carbons (Fsp3) is 1.00. The number of rotatable bonds is 2. The van der Waals surface area contributed by atoms with Crippen molar-refractivity contribution in [3.05, 3.63) is 0 Å². The van der Waals surface area contributed by atoms with E-state index in [9.17, 15) is 8.42 Å². The standard InChI is InChI=1S/C2H6O4S.Sr.2H/c1-2-6-7(3,4)5;;;/h2H2,1H3,(H,3,4,5);;;/q;+2;2*-1. The molecule has 0 unspecified atom stereocenters. The number of hydrogen-bond donors (Lipinski definition) is 1. The molecule has 0 rings (SSSR count). The van der Waals surface area contributed by atoms with Crippen molar-refractivity contribution >= 4 is 55.9 Å². The smallest absolute Gasteiger partial charge is 1.00 e. The molecule has 0 radical (unpaired) electrons. The van der Waals surface area contributed by atoms with Gasteiger partial charge in [-0.15, -0.1) is 0 Å². The van der Waals surface area contributed by atoms with Crippen LogP contribution in [0.25, 0.3) is 0 Å². The maximum Gasteiger partial charge on any atom is 2.00 e. The quantitative estimate of drug-likeness (QED) is 0.506. The zero-order valence-electron chi connectivity index (χ0n) is 6.49. The topological polar surface area (TPSA) is 63.6 Å². The summed E-state index contributed by atoms with van der Waals surface area (Å²) in [5.41, 5.74) is 0. The molecule has 0 aromatic rings. The third kappa shape index (κ3) is 10.4. The second kappa shape index (κ2) is 5.16. The Balaban J connectivity index is -0.0000000600. The Bertz CT molecular complexity index is 134. The summed E-state index contributed by atoms with van der Waals surface area (Å²) in [6.07, 6.45) is 0. The second-order valence-corrected chi connectivity index (χ2v) is 1.93. The maximum atomic E-state index is 9.56. The third-order valence-corrected chi connectivity index (χ3v) is 0.800. The molecule has 4 nitrogen and oxygen atoms in total. The predicted octanol–water partition coefficient (Wildman–Crippen LogP) is -0.330. The van der Waals surface area contributed by atoms with Crippen LogP contribution in [-0.2, 0) is 14.6 Å². The summed E-state index contributed by atoms with van der Waals surface area (Å²) in [7, 11) is -4.17. The molecule has 0 aliphatic carbocycles. The molecule has 0 amide bonds. The summed E-state index contributed by atoms with van der Waals surface area (Å²) in [5, 5.41) is 0. The van der Waals surface area contributed by atoms with Crippen LogP contribution in [0.1, 0.15) is 9.78 Å². The van der Waals surface area contributed by atoms with Crippen molar-refractivity contribution in [2.75, 3.05) is 6.61 Å². The van der Waals surface area contributed by atoms with Crippen molar-refractivity contribution in [3.63, 3.8) is 0 Å². The molecule has 0 atom stereocenters. The molecule has 0 saturated carbocycles. The van der Waals surface area contributed by atoms with E-state index in [1.165, 1.54) is 6.92 Å². The van der Waals surface area contributed by atoms with Crippen molar-refractivity contribution in [3.8, 4) is 0 Å². The zero-order chi connectivity index (χ0) is 5.91. The van der Waals surface area contributed by atoms with Gasteiger partial charge in [0, 0.05) is 0 Å². The molecule has 1 N–H and O–H groups in total. The fourth-order valence-electron chi connectivity index (χ4n) is 0.149. The van der Waals surface area contributed by atoms with Gasteiger partial charge in [0.1, 0.15) is 0 Å². The molecule has 48 valence electrons. The Kier molecular flexibility index (Phi) is 7.78. The Morgan fingerprint density at radius 3 is 2.12 bits per heavy atom. The average Bonchev–Trinajstić information content (AvgIpc) is 1.30. The maximum absolute atomic E-state index is 9.56. The van der Waals surface area contributed by atoms with E-state index in [0.29, 0.717) is 0 Å². The van der Waals surface area contributed by atoms with Crippen molar-refractivity contribution in [2.45, 2.75) is 6.92 Å². The minimum Gasteiger partial charge on any atom is -1.00 e. The van der Waals surface area contributed by atoms with Crippen LogP contribution < -0.4 is 0 Å². The van der Waals surface area contributed by atoms with E-state index in [4.69, 9.17) is 4.55 Å². The van der Waals surface area contributed by atoms with Crippen LogP contribution in [0.2, 0.25) is 0 Å². The molecule has 0 saturated heterocycles. The van der Waals surface area contributed by atoms with Crippen LogP contribution >= 0.6 is 0 Å². The first-order valence-corrected chi connectivity index (χ1v) is 3.04. The molecule has 0 bridgehead atoms. The first-order valence-electron chi connectivity index (χ1n) is 1.68. The van der Waals surface area contributed by atoms with Crippen molar-refractivity contribution in [2.24, 2.45) is 0 Å². The third-order valence-electron chi connectivity index (χ3n) is 0.267. The van der Waals surface area contributed by atoms with Gasteiger partial charge in [0.2, 0.25) is 0 Å². The van der Waals surface area contributed by atoms with Crippen LogP contribution in [-0.4, -0.2) is 65.1 Å². The van der Waals surface area contributed by atoms with Crippen LogP contribution in [0.4, 0.5) is 0 Å². The average molecular weight is 216 g/mol. The first kappa shape index (κ1) is 12.1. The molecule has 6 heteroatoms. The van der Waals surface area contributed by atoms with Crippen LogP contribution in [0.5, 0.6) is 0 Å². The Labute approximate surface area is 88.4 Å². The van der Waals surface area contributed by atoms with E-state index < -0.39 is 10.4 Å². The van der Waals surface area contributed by atoms with E-state index in [2.05, 4.69) is 4.18 Å².